The first kappa shape index (κ1) is 18.0. The molecule has 1 atom stereocenters. The minimum Gasteiger partial charge on any atom is -0.432 e. The van der Waals surface area contributed by atoms with Crippen LogP contribution in [0.2, 0.25) is 0 Å². The maximum absolute atomic E-state index is 13.9. The Morgan fingerprint density at radius 1 is 1.20 bits per heavy atom. The molecular weight excluding hydrogens is 343 g/mol. The zero-order valence-corrected chi connectivity index (χ0v) is 13.6. The largest absolute Gasteiger partial charge is 0.432 e. The first-order valence-electron chi connectivity index (χ1n) is 8.11. The van der Waals surface area contributed by atoms with E-state index >= 15 is 0 Å². The van der Waals surface area contributed by atoms with E-state index in [1.165, 1.54) is 19.1 Å². The number of halogens is 5. The lowest BCUT2D eigenvalue weighted by atomic mass is 9.84. The topological polar surface area (TPSA) is 24.5 Å². The molecule has 1 aromatic rings. The number of hydrogen-bond donors (Lipinski definition) is 1. The predicted molar refractivity (Wildman–Crippen MR) is 84.8 cm³/mol. The molecule has 3 rings (SSSR count). The molecule has 1 fully saturated rings. The Bertz CT molecular complexity index is 646. The van der Waals surface area contributed by atoms with Gasteiger partial charge in [0.1, 0.15) is 0 Å². The number of nitrogens with one attached hydrogen (secondary N) is 1. The summed E-state index contributed by atoms with van der Waals surface area (Å²) in [5.41, 5.74) is 1.20. The summed E-state index contributed by atoms with van der Waals surface area (Å²) in [7, 11) is 0. The van der Waals surface area contributed by atoms with E-state index in [0.29, 0.717) is 30.6 Å². The number of hydrogen-bond acceptors (Lipinski definition) is 3. The minimum atomic E-state index is -3.10. The third-order valence-electron chi connectivity index (χ3n) is 4.64. The van der Waals surface area contributed by atoms with E-state index in [9.17, 15) is 22.0 Å². The molecule has 0 radical (unpaired) electrons. The number of fused-ring (bicyclic) bond motifs is 1. The van der Waals surface area contributed by atoms with Crippen molar-refractivity contribution in [2.45, 2.75) is 50.9 Å². The molecule has 0 spiro atoms. The van der Waals surface area contributed by atoms with E-state index in [1.54, 1.807) is 6.08 Å². The van der Waals surface area contributed by atoms with Crippen LogP contribution >= 0.6 is 0 Å². The van der Waals surface area contributed by atoms with E-state index in [4.69, 9.17) is 0 Å². The Balaban J connectivity index is 1.71. The van der Waals surface area contributed by atoms with Crippen LogP contribution < -0.4 is 15.0 Å². The number of alkyl halides is 4. The summed E-state index contributed by atoms with van der Waals surface area (Å²) in [6.45, 7) is -1.12. The van der Waals surface area contributed by atoms with Crippen LogP contribution in [0.25, 0.3) is 6.08 Å². The van der Waals surface area contributed by atoms with Gasteiger partial charge >= 0.3 is 6.61 Å². The van der Waals surface area contributed by atoms with Gasteiger partial charge in [-0.15, -0.1) is 0 Å². The second-order valence-electron chi connectivity index (χ2n) is 6.39. The Morgan fingerprint density at radius 3 is 2.56 bits per heavy atom. The average Bonchev–Trinajstić information content (AvgIpc) is 2.50. The summed E-state index contributed by atoms with van der Waals surface area (Å²) in [5.74, 6) is -1.33. The standard InChI is InChI=1S/C17H19F5N2O/c1-9(16(19)20)23-11-6-12(7-11)24-4-2-3-10-5-13(18)15(8-14(10)24)25-17(21)22/h2-3,5,8-9,11-12,16-17,23H,4,6-7H2,1H3/t9-,11?,12?/m0/s1. The van der Waals surface area contributed by atoms with E-state index < -0.39 is 30.6 Å². The van der Waals surface area contributed by atoms with Gasteiger partial charge in [-0.2, -0.15) is 8.78 Å². The van der Waals surface area contributed by atoms with Crippen molar-refractivity contribution >= 4 is 11.8 Å². The summed E-state index contributed by atoms with van der Waals surface area (Å²) in [6, 6.07) is 1.64. The van der Waals surface area contributed by atoms with Crippen molar-refractivity contribution in [3.63, 3.8) is 0 Å². The second-order valence-corrected chi connectivity index (χ2v) is 6.39. The lowest BCUT2D eigenvalue weighted by molar-refractivity contribution is -0.0521. The number of anilines is 1. The van der Waals surface area contributed by atoms with Gasteiger partial charge in [-0.25, -0.2) is 13.2 Å². The fraction of sp³-hybridized carbons (Fsp3) is 0.529. The molecule has 0 amide bonds. The van der Waals surface area contributed by atoms with Crippen LogP contribution in [-0.4, -0.2) is 37.7 Å². The molecule has 1 N–H and O–H groups in total. The fourth-order valence-electron chi connectivity index (χ4n) is 3.29. The zero-order valence-electron chi connectivity index (χ0n) is 13.6. The maximum atomic E-state index is 13.9. The van der Waals surface area contributed by atoms with Crippen LogP contribution in [0.15, 0.2) is 18.2 Å². The highest BCUT2D eigenvalue weighted by molar-refractivity contribution is 5.73. The van der Waals surface area contributed by atoms with Gasteiger partial charge in [0.2, 0.25) is 0 Å². The average molecular weight is 362 g/mol. The molecular formula is C17H19F5N2O. The molecule has 0 unspecified atom stereocenters. The highest BCUT2D eigenvalue weighted by atomic mass is 19.3. The third kappa shape index (κ3) is 3.89. The van der Waals surface area contributed by atoms with E-state index in [1.807, 2.05) is 11.0 Å². The molecule has 25 heavy (non-hydrogen) atoms. The summed E-state index contributed by atoms with van der Waals surface area (Å²) < 4.78 is 68.1. The van der Waals surface area contributed by atoms with Gasteiger partial charge < -0.3 is 15.0 Å². The molecule has 0 saturated heterocycles. The summed E-state index contributed by atoms with van der Waals surface area (Å²) >= 11 is 0. The smallest absolute Gasteiger partial charge is 0.387 e. The number of ether oxygens (including phenoxy) is 1. The number of benzene rings is 1. The highest BCUT2D eigenvalue weighted by Gasteiger charge is 2.36. The van der Waals surface area contributed by atoms with Gasteiger partial charge in [0.05, 0.1) is 6.04 Å². The number of rotatable bonds is 6. The lowest BCUT2D eigenvalue weighted by Crippen LogP contribution is -2.56. The predicted octanol–water partition coefficient (Wildman–Crippen LogP) is 4.03. The SMILES string of the molecule is C[C@H](NC1CC(N2CC=Cc3cc(F)c(OC(F)F)cc32)C1)C(F)F. The van der Waals surface area contributed by atoms with Gasteiger partial charge in [0.15, 0.2) is 11.6 Å². The van der Waals surface area contributed by atoms with Gasteiger partial charge in [0.25, 0.3) is 6.43 Å². The van der Waals surface area contributed by atoms with Gasteiger partial charge in [-0.3, -0.25) is 0 Å². The van der Waals surface area contributed by atoms with Crippen molar-refractivity contribution in [1.29, 1.82) is 0 Å². The van der Waals surface area contributed by atoms with Crippen LogP contribution in [0.5, 0.6) is 5.75 Å². The quantitative estimate of drug-likeness (QED) is 0.774. The van der Waals surface area contributed by atoms with Crippen LogP contribution in [0.1, 0.15) is 25.3 Å². The van der Waals surface area contributed by atoms with Crippen molar-refractivity contribution < 1.29 is 26.7 Å². The van der Waals surface area contributed by atoms with Crippen molar-refractivity contribution in [3.8, 4) is 5.75 Å². The van der Waals surface area contributed by atoms with Crippen molar-refractivity contribution in [3.05, 3.63) is 29.6 Å². The molecule has 3 nitrogen and oxygen atoms in total. The first-order chi connectivity index (χ1) is 11.8. The Kier molecular flexibility index (Phi) is 5.17. The highest BCUT2D eigenvalue weighted by Crippen LogP contribution is 2.38. The van der Waals surface area contributed by atoms with Crippen LogP contribution in [0, 0.1) is 5.82 Å². The Labute approximate surface area is 142 Å². The molecule has 138 valence electrons. The van der Waals surface area contributed by atoms with E-state index in [-0.39, 0.29) is 12.1 Å². The molecule has 1 aliphatic carbocycles. The van der Waals surface area contributed by atoms with Gasteiger partial charge in [-0.1, -0.05) is 12.2 Å². The fourth-order valence-corrected chi connectivity index (χ4v) is 3.29. The normalized spacial score (nSPS) is 23.6. The third-order valence-corrected chi connectivity index (χ3v) is 4.64. The van der Waals surface area contributed by atoms with Crippen molar-refractivity contribution in [2.24, 2.45) is 0 Å². The summed E-state index contributed by atoms with van der Waals surface area (Å²) in [4.78, 5) is 1.97. The first-order valence-corrected chi connectivity index (χ1v) is 8.11. The van der Waals surface area contributed by atoms with Gasteiger partial charge in [0, 0.05) is 35.9 Å². The molecule has 1 heterocycles. The summed E-state index contributed by atoms with van der Waals surface area (Å²) in [6.07, 6.45) is 2.49. The molecule has 0 aromatic heterocycles. The maximum Gasteiger partial charge on any atom is 0.387 e. The molecule has 1 aliphatic heterocycles. The van der Waals surface area contributed by atoms with Crippen LogP contribution in [-0.2, 0) is 0 Å². The molecule has 2 aliphatic rings. The molecule has 1 aromatic carbocycles. The van der Waals surface area contributed by atoms with E-state index in [0.717, 1.165) is 0 Å². The van der Waals surface area contributed by atoms with Crippen molar-refractivity contribution in [2.75, 3.05) is 11.4 Å². The Morgan fingerprint density at radius 2 is 1.92 bits per heavy atom. The Hall–Kier alpha value is -1.83. The van der Waals surface area contributed by atoms with E-state index in [2.05, 4.69) is 10.1 Å². The minimum absolute atomic E-state index is 0.0133. The zero-order chi connectivity index (χ0) is 18.1. The van der Waals surface area contributed by atoms with Crippen molar-refractivity contribution in [1.82, 2.24) is 5.32 Å². The van der Waals surface area contributed by atoms with Crippen LogP contribution in [0.3, 0.4) is 0 Å². The van der Waals surface area contributed by atoms with Crippen LogP contribution in [0.4, 0.5) is 27.6 Å². The second kappa shape index (κ2) is 7.19. The molecule has 8 heteroatoms. The monoisotopic (exact) mass is 362 g/mol. The lowest BCUT2D eigenvalue weighted by Gasteiger charge is -2.46. The van der Waals surface area contributed by atoms with Gasteiger partial charge in [-0.05, 0) is 25.8 Å². The number of nitrogens with zero attached hydrogens (tertiary/aromatic N) is 1. The summed E-state index contributed by atoms with van der Waals surface area (Å²) in [5, 5.41) is 2.88. The molecule has 1 saturated carbocycles. The molecule has 0 bridgehead atoms.